The highest BCUT2D eigenvalue weighted by molar-refractivity contribution is 6.27. The highest BCUT2D eigenvalue weighted by Crippen LogP contribution is 2.35. The largest absolute Gasteiger partial charge is 0.573 e. The molecule has 1 aliphatic rings. The Balaban J connectivity index is 1.42. The van der Waals surface area contributed by atoms with E-state index in [1.54, 1.807) is 18.2 Å². The predicted molar refractivity (Wildman–Crippen MR) is 129 cm³/mol. The molecule has 4 aromatic rings. The molecule has 38 heavy (non-hydrogen) atoms. The number of rotatable bonds is 6. The van der Waals surface area contributed by atoms with E-state index in [-0.39, 0.29) is 23.6 Å². The molecule has 1 fully saturated rings. The van der Waals surface area contributed by atoms with E-state index >= 15 is 0 Å². The van der Waals surface area contributed by atoms with Gasteiger partial charge in [0.2, 0.25) is 0 Å². The molecule has 2 aromatic carbocycles. The fourth-order valence-corrected chi connectivity index (χ4v) is 4.01. The number of nitrogens with one attached hydrogen (secondary N) is 1. The number of ether oxygens (including phenoxy) is 2. The zero-order valence-electron chi connectivity index (χ0n) is 19.7. The topological polar surface area (TPSA) is 118 Å². The maximum absolute atomic E-state index is 13.2. The van der Waals surface area contributed by atoms with E-state index in [1.807, 2.05) is 6.92 Å². The van der Waals surface area contributed by atoms with Gasteiger partial charge in [-0.1, -0.05) is 13.0 Å². The number of hydrogen-bond donors (Lipinski definition) is 1. The third kappa shape index (κ3) is 4.85. The number of aromatic nitrogens is 3. The minimum Gasteiger partial charge on any atom is -0.455 e. The zero-order valence-corrected chi connectivity index (χ0v) is 19.7. The van der Waals surface area contributed by atoms with Crippen molar-refractivity contribution in [1.82, 2.24) is 15.0 Å². The van der Waals surface area contributed by atoms with Gasteiger partial charge in [-0.05, 0) is 42.3 Å². The van der Waals surface area contributed by atoms with Gasteiger partial charge in [-0.15, -0.1) is 13.2 Å². The Morgan fingerprint density at radius 1 is 1.00 bits per heavy atom. The lowest BCUT2D eigenvalue weighted by Crippen LogP contribution is -2.33. The first-order valence-electron chi connectivity index (χ1n) is 11.3. The quantitative estimate of drug-likeness (QED) is 0.367. The Kier molecular flexibility index (Phi) is 6.18. The van der Waals surface area contributed by atoms with Gasteiger partial charge < -0.3 is 14.5 Å². The first kappa shape index (κ1) is 24.7. The highest BCUT2D eigenvalue weighted by Gasteiger charge is 2.39. The molecule has 194 valence electrons. The lowest BCUT2D eigenvalue weighted by molar-refractivity contribution is -0.274. The summed E-state index contributed by atoms with van der Waals surface area (Å²) in [6.45, 7) is 1.50. The Labute approximate surface area is 212 Å². The van der Waals surface area contributed by atoms with E-state index in [4.69, 9.17) is 4.74 Å². The molecule has 0 spiro atoms. The van der Waals surface area contributed by atoms with Crippen LogP contribution in [0.5, 0.6) is 17.2 Å². The fourth-order valence-electron chi connectivity index (χ4n) is 4.01. The number of carbonyl (C=O) groups excluding carboxylic acids is 2. The molecule has 1 aliphatic heterocycles. The van der Waals surface area contributed by atoms with Gasteiger partial charge in [-0.25, -0.2) is 19.7 Å². The summed E-state index contributed by atoms with van der Waals surface area (Å²) in [5, 5.41) is 0. The van der Waals surface area contributed by atoms with Gasteiger partial charge in [0.1, 0.15) is 23.6 Å². The van der Waals surface area contributed by atoms with Gasteiger partial charge in [0.25, 0.3) is 11.5 Å². The molecule has 1 N–H and O–H groups in total. The number of nitrogens with zero attached hydrogens (tertiary/aromatic N) is 4. The van der Waals surface area contributed by atoms with Gasteiger partial charge in [0.05, 0.1) is 11.9 Å². The van der Waals surface area contributed by atoms with Crippen LogP contribution in [0.15, 0.2) is 65.7 Å². The molecule has 5 rings (SSSR count). The van der Waals surface area contributed by atoms with Crippen molar-refractivity contribution in [3.05, 3.63) is 76.8 Å². The van der Waals surface area contributed by atoms with E-state index < -0.39 is 29.6 Å². The second-order valence-corrected chi connectivity index (χ2v) is 8.14. The molecular weight excluding hydrogens is 507 g/mol. The number of benzene rings is 2. The molecule has 0 atom stereocenters. The number of imide groups is 1. The number of carbonyl (C=O) groups is 2. The third-order valence-electron chi connectivity index (χ3n) is 5.67. The molecule has 2 aromatic heterocycles. The standard InChI is InChI=1S/C25H18F3N5O5/c1-2-14-10-16(6-7-18(14)37-19-8-9-29-23-22(19)30-12-20(34)31-23)33-21(35)13-32(24(33)36)15-4-3-5-17(11-15)38-25(26,27)28/h3-12H,2,13H2,1H3,(H,29,31,34). The van der Waals surface area contributed by atoms with Gasteiger partial charge in [-0.3, -0.25) is 14.5 Å². The number of fused-ring (bicyclic) bond motifs is 1. The highest BCUT2D eigenvalue weighted by atomic mass is 19.4. The molecular formula is C25H18F3N5O5. The van der Waals surface area contributed by atoms with Crippen LogP contribution in [-0.2, 0) is 11.2 Å². The number of halogens is 3. The summed E-state index contributed by atoms with van der Waals surface area (Å²) in [5.41, 5.74) is 1.21. The van der Waals surface area contributed by atoms with E-state index in [1.165, 1.54) is 24.4 Å². The van der Waals surface area contributed by atoms with Gasteiger partial charge in [0.15, 0.2) is 11.4 Å². The molecule has 0 unspecified atom stereocenters. The van der Waals surface area contributed by atoms with Crippen LogP contribution in [0.2, 0.25) is 0 Å². The monoisotopic (exact) mass is 525 g/mol. The SMILES string of the molecule is CCc1cc(N2C(=O)CN(c3cccc(OC(F)(F)F)c3)C2=O)ccc1Oc1ccnc2[nH]c(=O)cnc12. The van der Waals surface area contributed by atoms with E-state index in [0.29, 0.717) is 29.0 Å². The summed E-state index contributed by atoms with van der Waals surface area (Å²) < 4.78 is 47.8. The molecule has 1 saturated heterocycles. The molecule has 0 aliphatic carbocycles. The van der Waals surface area contributed by atoms with E-state index in [0.717, 1.165) is 28.1 Å². The Bertz CT molecular complexity index is 1620. The number of amides is 3. The number of H-pyrrole nitrogens is 1. The molecule has 3 heterocycles. The first-order chi connectivity index (χ1) is 18.1. The lowest BCUT2D eigenvalue weighted by atomic mass is 10.1. The molecule has 13 heteroatoms. The summed E-state index contributed by atoms with van der Waals surface area (Å²) in [6.07, 6.45) is -1.85. The van der Waals surface area contributed by atoms with Crippen molar-refractivity contribution in [1.29, 1.82) is 0 Å². The minimum absolute atomic E-state index is 0.0818. The number of urea groups is 1. The second kappa shape index (κ2) is 9.50. The minimum atomic E-state index is -4.90. The van der Waals surface area contributed by atoms with Gasteiger partial charge in [-0.2, -0.15) is 0 Å². The van der Waals surface area contributed by atoms with Crippen LogP contribution in [0.3, 0.4) is 0 Å². The summed E-state index contributed by atoms with van der Waals surface area (Å²) in [4.78, 5) is 50.3. The summed E-state index contributed by atoms with van der Waals surface area (Å²) >= 11 is 0. The first-order valence-corrected chi connectivity index (χ1v) is 11.3. The van der Waals surface area contributed by atoms with Crippen molar-refractivity contribution in [2.75, 3.05) is 16.3 Å². The van der Waals surface area contributed by atoms with Crippen LogP contribution < -0.4 is 24.8 Å². The number of pyridine rings is 1. The smallest absolute Gasteiger partial charge is 0.455 e. The van der Waals surface area contributed by atoms with Crippen molar-refractivity contribution < 1.29 is 32.2 Å². The Hall–Kier alpha value is -4.94. The summed E-state index contributed by atoms with van der Waals surface area (Å²) in [5.74, 6) is -0.286. The van der Waals surface area contributed by atoms with Crippen molar-refractivity contribution in [2.24, 2.45) is 0 Å². The third-order valence-corrected chi connectivity index (χ3v) is 5.67. The average molecular weight is 525 g/mol. The number of anilines is 2. The van der Waals surface area contributed by atoms with Crippen molar-refractivity contribution in [3.8, 4) is 17.2 Å². The van der Waals surface area contributed by atoms with Crippen molar-refractivity contribution >= 4 is 34.5 Å². The Morgan fingerprint density at radius 2 is 1.82 bits per heavy atom. The summed E-state index contributed by atoms with van der Waals surface area (Å²) in [7, 11) is 0. The van der Waals surface area contributed by atoms with Crippen LogP contribution in [0, 0.1) is 0 Å². The average Bonchev–Trinajstić information content (AvgIpc) is 3.17. The second-order valence-electron chi connectivity index (χ2n) is 8.14. The predicted octanol–water partition coefficient (Wildman–Crippen LogP) is 4.54. The van der Waals surface area contributed by atoms with Crippen molar-refractivity contribution in [2.45, 2.75) is 19.7 Å². The number of aryl methyl sites for hydroxylation is 1. The lowest BCUT2D eigenvalue weighted by Gasteiger charge is -2.19. The van der Waals surface area contributed by atoms with E-state index in [2.05, 4.69) is 19.7 Å². The van der Waals surface area contributed by atoms with E-state index in [9.17, 15) is 27.6 Å². The molecule has 0 saturated carbocycles. The molecule has 0 radical (unpaired) electrons. The summed E-state index contributed by atoms with van der Waals surface area (Å²) in [6, 6.07) is 10.4. The van der Waals surface area contributed by atoms with Gasteiger partial charge in [0, 0.05) is 24.0 Å². The van der Waals surface area contributed by atoms with Crippen LogP contribution in [0.1, 0.15) is 12.5 Å². The number of alkyl halides is 3. The van der Waals surface area contributed by atoms with Crippen molar-refractivity contribution in [3.63, 3.8) is 0 Å². The number of hydrogen-bond acceptors (Lipinski definition) is 7. The molecule has 0 bridgehead atoms. The van der Waals surface area contributed by atoms with Gasteiger partial charge >= 0.3 is 12.4 Å². The maximum atomic E-state index is 13.2. The fraction of sp³-hybridized carbons (Fsp3) is 0.160. The number of aromatic amines is 1. The molecule has 10 nitrogen and oxygen atoms in total. The van der Waals surface area contributed by atoms with Crippen LogP contribution >= 0.6 is 0 Å². The van der Waals surface area contributed by atoms with Crippen LogP contribution in [-0.4, -0.2) is 39.8 Å². The molecule has 3 amide bonds. The zero-order chi connectivity index (χ0) is 27.0. The maximum Gasteiger partial charge on any atom is 0.573 e. The van der Waals surface area contributed by atoms with Crippen LogP contribution in [0.25, 0.3) is 11.2 Å². The Morgan fingerprint density at radius 3 is 2.58 bits per heavy atom. The van der Waals surface area contributed by atoms with Crippen LogP contribution in [0.4, 0.5) is 29.3 Å². The normalized spacial score (nSPS) is 13.9.